The minimum Gasteiger partial charge on any atom is -0.306 e. The molecular formula is C16H15BrF3N. The van der Waals surface area contributed by atoms with E-state index in [1.807, 2.05) is 6.92 Å². The molecule has 0 aliphatic rings. The smallest absolute Gasteiger partial charge is 0.159 e. The van der Waals surface area contributed by atoms with E-state index in [1.54, 1.807) is 6.07 Å². The second-order valence-corrected chi connectivity index (χ2v) is 5.68. The summed E-state index contributed by atoms with van der Waals surface area (Å²) in [5, 5.41) is 3.23. The molecule has 1 atom stereocenters. The van der Waals surface area contributed by atoms with Gasteiger partial charge in [0.25, 0.3) is 0 Å². The minimum atomic E-state index is -0.911. The second-order valence-electron chi connectivity index (χ2n) is 4.76. The van der Waals surface area contributed by atoms with Crippen LogP contribution in [0.15, 0.2) is 40.9 Å². The number of benzene rings is 2. The Bertz CT molecular complexity index is 611. The van der Waals surface area contributed by atoms with E-state index < -0.39 is 17.7 Å². The highest BCUT2D eigenvalue weighted by atomic mass is 79.9. The van der Waals surface area contributed by atoms with E-state index in [1.165, 1.54) is 18.2 Å². The molecule has 5 heteroatoms. The zero-order valence-corrected chi connectivity index (χ0v) is 13.1. The van der Waals surface area contributed by atoms with Gasteiger partial charge in [0.2, 0.25) is 0 Å². The first-order chi connectivity index (χ1) is 10.0. The van der Waals surface area contributed by atoms with Crippen LogP contribution in [0.3, 0.4) is 0 Å². The predicted molar refractivity (Wildman–Crippen MR) is 80.6 cm³/mol. The summed E-state index contributed by atoms with van der Waals surface area (Å²) in [6, 6.07) is 7.83. The Morgan fingerprint density at radius 1 is 1.00 bits per heavy atom. The van der Waals surface area contributed by atoms with Crippen LogP contribution in [0.4, 0.5) is 13.2 Å². The van der Waals surface area contributed by atoms with Gasteiger partial charge >= 0.3 is 0 Å². The van der Waals surface area contributed by atoms with Crippen LogP contribution >= 0.6 is 15.9 Å². The van der Waals surface area contributed by atoms with Crippen LogP contribution in [0.5, 0.6) is 0 Å². The zero-order valence-electron chi connectivity index (χ0n) is 11.5. The lowest BCUT2D eigenvalue weighted by Crippen LogP contribution is -2.23. The fourth-order valence-corrected chi connectivity index (χ4v) is 2.63. The normalized spacial score (nSPS) is 12.4. The summed E-state index contributed by atoms with van der Waals surface area (Å²) in [6.07, 6.45) is 0.872. The Balaban J connectivity index is 2.43. The van der Waals surface area contributed by atoms with E-state index in [2.05, 4.69) is 21.2 Å². The average molecular weight is 358 g/mol. The van der Waals surface area contributed by atoms with E-state index in [4.69, 9.17) is 0 Å². The van der Waals surface area contributed by atoms with Gasteiger partial charge in [-0.15, -0.1) is 0 Å². The third kappa shape index (κ3) is 4.08. The van der Waals surface area contributed by atoms with Crippen LogP contribution < -0.4 is 5.32 Å². The molecule has 0 fully saturated rings. The van der Waals surface area contributed by atoms with Gasteiger partial charge in [0, 0.05) is 4.47 Å². The summed E-state index contributed by atoms with van der Waals surface area (Å²) < 4.78 is 40.7. The van der Waals surface area contributed by atoms with E-state index in [9.17, 15) is 13.2 Å². The minimum absolute atomic E-state index is 0.384. The van der Waals surface area contributed by atoms with Crippen molar-refractivity contribution in [2.75, 3.05) is 6.54 Å². The van der Waals surface area contributed by atoms with Crippen LogP contribution in [0.1, 0.15) is 30.5 Å². The van der Waals surface area contributed by atoms with Crippen LogP contribution in [0.25, 0.3) is 0 Å². The number of hydrogen-bond donors (Lipinski definition) is 1. The molecule has 0 bridgehead atoms. The molecule has 0 saturated heterocycles. The molecule has 1 nitrogen and oxygen atoms in total. The Kier molecular flexibility index (Phi) is 5.42. The maximum Gasteiger partial charge on any atom is 0.159 e. The van der Waals surface area contributed by atoms with Gasteiger partial charge in [-0.25, -0.2) is 13.2 Å². The van der Waals surface area contributed by atoms with Crippen molar-refractivity contribution in [2.45, 2.75) is 19.4 Å². The largest absolute Gasteiger partial charge is 0.306 e. The molecule has 2 aromatic rings. The van der Waals surface area contributed by atoms with Crippen molar-refractivity contribution >= 4 is 15.9 Å². The molecule has 21 heavy (non-hydrogen) atoms. The van der Waals surface area contributed by atoms with E-state index in [0.29, 0.717) is 22.1 Å². The molecule has 0 radical (unpaired) electrons. The third-order valence-electron chi connectivity index (χ3n) is 3.09. The fraction of sp³-hybridized carbons (Fsp3) is 0.250. The summed E-state index contributed by atoms with van der Waals surface area (Å²) in [6.45, 7) is 2.68. The molecular weight excluding hydrogens is 343 g/mol. The number of rotatable bonds is 5. The van der Waals surface area contributed by atoms with Crippen molar-refractivity contribution in [1.29, 1.82) is 0 Å². The Morgan fingerprint density at radius 2 is 1.76 bits per heavy atom. The Labute approximate surface area is 130 Å². The van der Waals surface area contributed by atoms with Crippen LogP contribution in [-0.4, -0.2) is 6.54 Å². The number of hydrogen-bond acceptors (Lipinski definition) is 1. The lowest BCUT2D eigenvalue weighted by molar-refractivity contribution is 0.503. The van der Waals surface area contributed by atoms with Gasteiger partial charge in [0.1, 0.15) is 5.82 Å². The monoisotopic (exact) mass is 357 g/mol. The van der Waals surface area contributed by atoms with E-state index in [0.717, 1.165) is 18.6 Å². The summed E-state index contributed by atoms with van der Waals surface area (Å²) in [5.41, 5.74) is 1.21. The molecule has 2 aromatic carbocycles. The molecule has 2 rings (SSSR count). The molecule has 1 N–H and O–H groups in total. The molecule has 0 amide bonds. The van der Waals surface area contributed by atoms with Gasteiger partial charge < -0.3 is 5.32 Å². The first kappa shape index (κ1) is 16.0. The molecule has 0 spiro atoms. The molecule has 0 aromatic heterocycles. The van der Waals surface area contributed by atoms with Crippen LogP contribution in [0, 0.1) is 17.5 Å². The van der Waals surface area contributed by atoms with Gasteiger partial charge in [-0.05, 0) is 54.4 Å². The van der Waals surface area contributed by atoms with Crippen LogP contribution in [0.2, 0.25) is 0 Å². The maximum absolute atomic E-state index is 13.6. The molecule has 1 unspecified atom stereocenters. The fourth-order valence-electron chi connectivity index (χ4n) is 2.15. The van der Waals surface area contributed by atoms with Gasteiger partial charge in [-0.1, -0.05) is 28.9 Å². The van der Waals surface area contributed by atoms with Crippen molar-refractivity contribution in [3.63, 3.8) is 0 Å². The lowest BCUT2D eigenvalue weighted by Gasteiger charge is -2.20. The standard InChI is InChI=1S/C16H15BrF3N/c1-2-5-21-16(10-3-4-14(19)15(20)8-10)11-6-12(17)9-13(18)7-11/h3-4,6-9,16,21H,2,5H2,1H3. The highest BCUT2D eigenvalue weighted by molar-refractivity contribution is 9.10. The molecule has 0 aliphatic heterocycles. The van der Waals surface area contributed by atoms with Crippen LogP contribution in [-0.2, 0) is 0 Å². The predicted octanol–water partition coefficient (Wildman–Crippen LogP) is 4.96. The second kappa shape index (κ2) is 7.09. The summed E-state index contributed by atoms with van der Waals surface area (Å²) in [5.74, 6) is -2.19. The Hall–Kier alpha value is -1.33. The first-order valence-electron chi connectivity index (χ1n) is 6.65. The molecule has 0 aliphatic carbocycles. The number of halogens is 4. The van der Waals surface area contributed by atoms with Crippen molar-refractivity contribution in [3.8, 4) is 0 Å². The van der Waals surface area contributed by atoms with Crippen molar-refractivity contribution < 1.29 is 13.2 Å². The van der Waals surface area contributed by atoms with Gasteiger partial charge in [0.15, 0.2) is 11.6 Å². The summed E-state index contributed by atoms with van der Waals surface area (Å²) in [4.78, 5) is 0. The van der Waals surface area contributed by atoms with Gasteiger partial charge in [-0.2, -0.15) is 0 Å². The first-order valence-corrected chi connectivity index (χ1v) is 7.45. The highest BCUT2D eigenvalue weighted by Gasteiger charge is 2.16. The van der Waals surface area contributed by atoms with E-state index >= 15 is 0 Å². The van der Waals surface area contributed by atoms with Gasteiger partial charge in [-0.3, -0.25) is 0 Å². The maximum atomic E-state index is 13.6. The molecule has 112 valence electrons. The Morgan fingerprint density at radius 3 is 2.38 bits per heavy atom. The number of nitrogens with one attached hydrogen (secondary N) is 1. The van der Waals surface area contributed by atoms with E-state index in [-0.39, 0.29) is 5.82 Å². The quantitative estimate of drug-likeness (QED) is 0.797. The highest BCUT2D eigenvalue weighted by Crippen LogP contribution is 2.27. The van der Waals surface area contributed by atoms with Crippen molar-refractivity contribution in [1.82, 2.24) is 5.32 Å². The third-order valence-corrected chi connectivity index (χ3v) is 3.55. The SMILES string of the molecule is CCCNC(c1cc(F)cc(Br)c1)c1ccc(F)c(F)c1. The van der Waals surface area contributed by atoms with Crippen molar-refractivity contribution in [2.24, 2.45) is 0 Å². The topological polar surface area (TPSA) is 12.0 Å². The zero-order chi connectivity index (χ0) is 15.4. The molecule has 0 saturated carbocycles. The van der Waals surface area contributed by atoms with Crippen molar-refractivity contribution in [3.05, 3.63) is 69.4 Å². The summed E-state index contributed by atoms with van der Waals surface area (Å²) >= 11 is 3.25. The summed E-state index contributed by atoms with van der Waals surface area (Å²) in [7, 11) is 0. The van der Waals surface area contributed by atoms with Gasteiger partial charge in [0.05, 0.1) is 6.04 Å². The average Bonchev–Trinajstić information content (AvgIpc) is 2.42. The molecule has 0 heterocycles. The lowest BCUT2D eigenvalue weighted by atomic mass is 9.98.